The number of rotatable bonds is 8. The van der Waals surface area contributed by atoms with E-state index in [9.17, 15) is 0 Å². The van der Waals surface area contributed by atoms with Gasteiger partial charge in [-0.05, 0) is 115 Å². The molecule has 0 spiro atoms. The molecule has 2 nitrogen and oxygen atoms in total. The van der Waals surface area contributed by atoms with Crippen LogP contribution in [0.2, 0.25) is 0 Å². The number of hydrogen-bond donors (Lipinski definition) is 0. The van der Waals surface area contributed by atoms with Crippen LogP contribution in [0.1, 0.15) is 22.3 Å². The Labute approximate surface area is 413 Å². The molecule has 0 saturated heterocycles. The minimum atomic E-state index is -0.501. The molecule has 1 heterocycles. The molecule has 0 bridgehead atoms. The third-order valence-electron chi connectivity index (χ3n) is 15.0. The van der Waals surface area contributed by atoms with Gasteiger partial charge >= 0.3 is 0 Å². The van der Waals surface area contributed by atoms with Gasteiger partial charge in [-0.3, -0.25) is 0 Å². The number of para-hydroxylation sites is 1. The number of hydrogen-bond acceptors (Lipinski definition) is 1. The van der Waals surface area contributed by atoms with Gasteiger partial charge in [0.2, 0.25) is 0 Å². The molecule has 0 unspecified atom stereocenters. The maximum atomic E-state index is 2.49. The Kier molecular flexibility index (Phi) is 9.47. The van der Waals surface area contributed by atoms with Gasteiger partial charge in [-0.15, -0.1) is 0 Å². The Morgan fingerprint density at radius 3 is 1.48 bits per heavy atom. The minimum absolute atomic E-state index is 0.501. The van der Waals surface area contributed by atoms with Gasteiger partial charge < -0.3 is 9.47 Å². The average Bonchev–Trinajstić information content (AvgIpc) is 3.94. The summed E-state index contributed by atoms with van der Waals surface area (Å²) in [6.07, 6.45) is 0. The maximum Gasteiger partial charge on any atom is 0.0714 e. The standard InChI is InChI=1S/C69H46N2/c1-3-25-51(26-4-1)69(52-27-5-2-6-28-52)63-36-15-13-34-59(63)60-43-41-54(46-64(60)69)71-67-37-16-14-35-61(67)62-42-40-50(45-68(62)71)56-31-12-11-30-55(56)49-24-17-29-53(44-49)70(65-38-18-22-47-20-7-9-32-57(47)65)66-39-19-23-48-21-8-10-33-58(48)66/h1-46H. The monoisotopic (exact) mass is 902 g/mol. The fourth-order valence-corrected chi connectivity index (χ4v) is 12.0. The van der Waals surface area contributed by atoms with E-state index in [0.717, 1.165) is 28.3 Å². The molecule has 0 radical (unpaired) electrons. The van der Waals surface area contributed by atoms with E-state index < -0.39 is 5.41 Å². The van der Waals surface area contributed by atoms with Crippen LogP contribution in [0.15, 0.2) is 279 Å². The molecule has 0 amide bonds. The smallest absolute Gasteiger partial charge is 0.0714 e. The van der Waals surface area contributed by atoms with E-state index in [1.165, 1.54) is 93.4 Å². The van der Waals surface area contributed by atoms with Crippen molar-refractivity contribution in [1.29, 1.82) is 0 Å². The zero-order chi connectivity index (χ0) is 46.9. The van der Waals surface area contributed by atoms with E-state index in [4.69, 9.17) is 0 Å². The van der Waals surface area contributed by atoms with Crippen molar-refractivity contribution in [2.45, 2.75) is 5.41 Å². The molecule has 0 fully saturated rings. The zero-order valence-corrected chi connectivity index (χ0v) is 39.0. The van der Waals surface area contributed by atoms with Gasteiger partial charge in [0.05, 0.1) is 27.8 Å². The number of anilines is 3. The summed E-state index contributed by atoms with van der Waals surface area (Å²) in [5.41, 5.74) is 18.7. The molecule has 1 aromatic heterocycles. The summed E-state index contributed by atoms with van der Waals surface area (Å²) in [4.78, 5) is 2.45. The molecule has 332 valence electrons. The van der Waals surface area contributed by atoms with Crippen LogP contribution in [-0.4, -0.2) is 4.57 Å². The minimum Gasteiger partial charge on any atom is -0.309 e. The van der Waals surface area contributed by atoms with Crippen molar-refractivity contribution in [1.82, 2.24) is 4.57 Å². The van der Waals surface area contributed by atoms with Crippen LogP contribution in [0.5, 0.6) is 0 Å². The van der Waals surface area contributed by atoms with Crippen molar-refractivity contribution in [3.63, 3.8) is 0 Å². The van der Waals surface area contributed by atoms with Gasteiger partial charge in [0.25, 0.3) is 0 Å². The van der Waals surface area contributed by atoms with Crippen LogP contribution in [-0.2, 0) is 5.41 Å². The molecule has 0 atom stereocenters. The lowest BCUT2D eigenvalue weighted by Gasteiger charge is -2.34. The Balaban J connectivity index is 0.948. The molecule has 1 aliphatic carbocycles. The third-order valence-corrected chi connectivity index (χ3v) is 15.0. The summed E-state index contributed by atoms with van der Waals surface area (Å²) in [6.45, 7) is 0. The van der Waals surface area contributed by atoms with Gasteiger partial charge in [0.1, 0.15) is 0 Å². The molecule has 1 aliphatic rings. The van der Waals surface area contributed by atoms with Crippen LogP contribution in [0.4, 0.5) is 17.1 Å². The highest BCUT2D eigenvalue weighted by Gasteiger charge is 2.46. The van der Waals surface area contributed by atoms with Crippen molar-refractivity contribution < 1.29 is 0 Å². The normalized spacial score (nSPS) is 12.6. The fourth-order valence-electron chi connectivity index (χ4n) is 12.0. The summed E-state index contributed by atoms with van der Waals surface area (Å²) in [6, 6.07) is 103. The lowest BCUT2D eigenvalue weighted by Crippen LogP contribution is -2.28. The molecule has 0 N–H and O–H groups in total. The summed E-state index contributed by atoms with van der Waals surface area (Å²) in [5.74, 6) is 0. The Bertz CT molecular complexity index is 4050. The van der Waals surface area contributed by atoms with Gasteiger partial charge in [-0.2, -0.15) is 0 Å². The molecule has 0 saturated carbocycles. The molecular formula is C69H46N2. The second kappa shape index (κ2) is 16.5. The Morgan fingerprint density at radius 1 is 0.296 bits per heavy atom. The van der Waals surface area contributed by atoms with Crippen molar-refractivity contribution in [2.75, 3.05) is 4.90 Å². The number of nitrogens with zero attached hydrogens (tertiary/aromatic N) is 2. The van der Waals surface area contributed by atoms with Gasteiger partial charge in [0, 0.05) is 32.9 Å². The molecule has 14 rings (SSSR count). The molecule has 12 aromatic carbocycles. The predicted molar refractivity (Wildman–Crippen MR) is 299 cm³/mol. The molecule has 71 heavy (non-hydrogen) atoms. The lowest BCUT2D eigenvalue weighted by atomic mass is 9.67. The van der Waals surface area contributed by atoms with Crippen molar-refractivity contribution in [3.05, 3.63) is 301 Å². The Morgan fingerprint density at radius 2 is 0.803 bits per heavy atom. The van der Waals surface area contributed by atoms with E-state index in [1.807, 2.05) is 0 Å². The van der Waals surface area contributed by atoms with Crippen LogP contribution in [0.3, 0.4) is 0 Å². The summed E-state index contributed by atoms with van der Waals surface area (Å²) in [7, 11) is 0. The summed E-state index contributed by atoms with van der Waals surface area (Å²) >= 11 is 0. The van der Waals surface area contributed by atoms with E-state index >= 15 is 0 Å². The topological polar surface area (TPSA) is 8.17 Å². The van der Waals surface area contributed by atoms with Crippen molar-refractivity contribution in [3.8, 4) is 39.1 Å². The lowest BCUT2D eigenvalue weighted by molar-refractivity contribution is 0.767. The Hall–Kier alpha value is -9.24. The first-order valence-corrected chi connectivity index (χ1v) is 24.6. The second-order valence-corrected chi connectivity index (χ2v) is 18.8. The highest BCUT2D eigenvalue weighted by atomic mass is 15.1. The van der Waals surface area contributed by atoms with Gasteiger partial charge in [-0.1, -0.05) is 231 Å². The van der Waals surface area contributed by atoms with Gasteiger partial charge in [-0.25, -0.2) is 0 Å². The summed E-state index contributed by atoms with van der Waals surface area (Å²) in [5, 5.41) is 7.29. The second-order valence-electron chi connectivity index (χ2n) is 18.8. The summed E-state index contributed by atoms with van der Waals surface area (Å²) < 4.78 is 2.49. The molecule has 2 heteroatoms. The molecule has 0 aliphatic heterocycles. The van der Waals surface area contributed by atoms with Crippen molar-refractivity contribution >= 4 is 60.4 Å². The number of fused-ring (bicyclic) bond motifs is 8. The quantitative estimate of drug-likeness (QED) is 0.147. The predicted octanol–water partition coefficient (Wildman–Crippen LogP) is 18.3. The number of aromatic nitrogens is 1. The SMILES string of the molecule is c1ccc(C2(c3ccccc3)c3ccccc3-c3ccc(-n4c5ccccc5c5ccc(-c6ccccc6-c6cccc(N(c7cccc8ccccc78)c7cccc8ccccc78)c6)cc54)cc32)cc1. The average molecular weight is 903 g/mol. The number of benzene rings is 12. The van der Waals surface area contributed by atoms with Crippen molar-refractivity contribution in [2.24, 2.45) is 0 Å². The van der Waals surface area contributed by atoms with Crippen LogP contribution in [0.25, 0.3) is 82.4 Å². The van der Waals surface area contributed by atoms with E-state index in [2.05, 4.69) is 289 Å². The molecule has 13 aromatic rings. The fraction of sp³-hybridized carbons (Fsp3) is 0.0145. The van der Waals surface area contributed by atoms with Gasteiger partial charge in [0.15, 0.2) is 0 Å². The zero-order valence-electron chi connectivity index (χ0n) is 39.0. The highest BCUT2D eigenvalue weighted by Crippen LogP contribution is 2.57. The maximum absolute atomic E-state index is 2.49. The molecular weight excluding hydrogens is 857 g/mol. The third kappa shape index (κ3) is 6.35. The first-order valence-electron chi connectivity index (χ1n) is 24.6. The van der Waals surface area contributed by atoms with E-state index in [1.54, 1.807) is 0 Å². The van der Waals surface area contributed by atoms with E-state index in [0.29, 0.717) is 0 Å². The van der Waals surface area contributed by atoms with Crippen LogP contribution >= 0.6 is 0 Å². The first kappa shape index (κ1) is 40.8. The van der Waals surface area contributed by atoms with E-state index in [-0.39, 0.29) is 0 Å². The first-order chi connectivity index (χ1) is 35.2. The van der Waals surface area contributed by atoms with Crippen LogP contribution < -0.4 is 4.90 Å². The largest absolute Gasteiger partial charge is 0.309 e. The highest BCUT2D eigenvalue weighted by molar-refractivity contribution is 6.11. The van der Waals surface area contributed by atoms with Crippen LogP contribution in [0, 0.1) is 0 Å².